The molecular weight excluding hydrogens is 379 g/mol. The van der Waals surface area contributed by atoms with Crippen LogP contribution in [-0.2, 0) is 16.0 Å². The molecular formula is C15H15BrF3NO3. The van der Waals surface area contributed by atoms with E-state index in [1.807, 2.05) is 6.07 Å². The highest BCUT2D eigenvalue weighted by molar-refractivity contribution is 9.10. The Morgan fingerprint density at radius 2 is 2.04 bits per heavy atom. The number of halogens is 4. The van der Waals surface area contributed by atoms with Gasteiger partial charge in [-0.15, -0.1) is 0 Å². The van der Waals surface area contributed by atoms with Crippen LogP contribution in [0.25, 0.3) is 0 Å². The molecule has 1 amide bonds. The number of carbonyl (C=O) groups is 2. The number of carboxylic acids is 1. The van der Waals surface area contributed by atoms with Gasteiger partial charge >= 0.3 is 12.1 Å². The minimum atomic E-state index is -4.89. The summed E-state index contributed by atoms with van der Waals surface area (Å²) in [4.78, 5) is 24.4. The van der Waals surface area contributed by atoms with E-state index in [4.69, 9.17) is 5.11 Å². The summed E-state index contributed by atoms with van der Waals surface area (Å²) in [6.45, 7) is 0.759. The molecule has 126 valence electrons. The lowest BCUT2D eigenvalue weighted by Gasteiger charge is -2.27. The van der Waals surface area contributed by atoms with E-state index in [1.165, 1.54) is 0 Å². The van der Waals surface area contributed by atoms with Gasteiger partial charge < -0.3 is 10.0 Å². The van der Waals surface area contributed by atoms with Crippen LogP contribution in [0.3, 0.4) is 0 Å². The number of rotatable bonds is 3. The van der Waals surface area contributed by atoms with E-state index in [9.17, 15) is 22.8 Å². The highest BCUT2D eigenvalue weighted by atomic mass is 79.9. The number of likely N-dealkylation sites (tertiary alicyclic amines) is 1. The lowest BCUT2D eigenvalue weighted by molar-refractivity contribution is -0.227. The molecule has 8 heteroatoms. The molecule has 4 nitrogen and oxygen atoms in total. The standard InChI is InChI=1S/C15H15BrF3NO3/c1-9-6-11(16)3-2-10(9)7-12(21)20-5-4-14(8-20,13(22)23)15(17,18)19/h2-3,6H,4-5,7-8H2,1H3,(H,22,23). The molecule has 0 bridgehead atoms. The van der Waals surface area contributed by atoms with Crippen molar-refractivity contribution >= 4 is 27.8 Å². The lowest BCUT2D eigenvalue weighted by Crippen LogP contribution is -2.47. The molecule has 1 aliphatic heterocycles. The Morgan fingerprint density at radius 3 is 2.52 bits per heavy atom. The first kappa shape index (κ1) is 17.8. The smallest absolute Gasteiger partial charge is 0.406 e. The second-order valence-corrected chi connectivity index (χ2v) is 6.61. The first-order chi connectivity index (χ1) is 10.6. The van der Waals surface area contributed by atoms with Crippen molar-refractivity contribution in [2.24, 2.45) is 5.41 Å². The van der Waals surface area contributed by atoms with Gasteiger partial charge in [-0.1, -0.05) is 22.0 Å². The highest BCUT2D eigenvalue weighted by Gasteiger charge is 2.64. The molecule has 1 aliphatic rings. The first-order valence-corrected chi connectivity index (χ1v) is 7.69. The van der Waals surface area contributed by atoms with Gasteiger partial charge in [0.2, 0.25) is 5.91 Å². The molecule has 0 spiro atoms. The second-order valence-electron chi connectivity index (χ2n) is 5.70. The van der Waals surface area contributed by atoms with Gasteiger partial charge in [0.05, 0.1) is 6.42 Å². The van der Waals surface area contributed by atoms with Gasteiger partial charge in [-0.2, -0.15) is 13.2 Å². The van der Waals surface area contributed by atoms with Gasteiger partial charge in [0.25, 0.3) is 0 Å². The zero-order valence-corrected chi connectivity index (χ0v) is 13.9. The molecule has 1 saturated heterocycles. The van der Waals surface area contributed by atoms with Crippen LogP contribution in [0, 0.1) is 12.3 Å². The molecule has 0 aliphatic carbocycles. The van der Waals surface area contributed by atoms with Gasteiger partial charge in [-0.25, -0.2) is 0 Å². The minimum Gasteiger partial charge on any atom is -0.481 e. The molecule has 1 aromatic rings. The molecule has 1 aromatic carbocycles. The van der Waals surface area contributed by atoms with E-state index in [2.05, 4.69) is 15.9 Å². The van der Waals surface area contributed by atoms with Crippen molar-refractivity contribution in [3.63, 3.8) is 0 Å². The predicted octanol–water partition coefficient (Wildman–Crippen LogP) is 3.17. The van der Waals surface area contributed by atoms with E-state index in [0.29, 0.717) is 5.56 Å². The molecule has 2 rings (SSSR count). The fourth-order valence-corrected chi connectivity index (χ4v) is 3.16. The van der Waals surface area contributed by atoms with Crippen molar-refractivity contribution in [1.82, 2.24) is 4.90 Å². The maximum Gasteiger partial charge on any atom is 0.406 e. The Hall–Kier alpha value is -1.57. The van der Waals surface area contributed by atoms with Crippen LogP contribution in [0.5, 0.6) is 0 Å². The number of aryl methyl sites for hydroxylation is 1. The summed E-state index contributed by atoms with van der Waals surface area (Å²) >= 11 is 3.30. The van der Waals surface area contributed by atoms with Crippen LogP contribution in [0.1, 0.15) is 17.5 Å². The van der Waals surface area contributed by atoms with Crippen LogP contribution in [0.2, 0.25) is 0 Å². The zero-order valence-electron chi connectivity index (χ0n) is 12.3. The molecule has 1 heterocycles. The number of nitrogens with zero attached hydrogens (tertiary/aromatic N) is 1. The number of hydrogen-bond acceptors (Lipinski definition) is 2. The average Bonchev–Trinajstić information content (AvgIpc) is 2.88. The number of carboxylic acid groups (broad SMARTS) is 1. The van der Waals surface area contributed by atoms with Gasteiger partial charge in [0.1, 0.15) is 0 Å². The summed E-state index contributed by atoms with van der Waals surface area (Å²) in [5.41, 5.74) is -1.32. The summed E-state index contributed by atoms with van der Waals surface area (Å²) < 4.78 is 40.2. The van der Waals surface area contributed by atoms with Crippen molar-refractivity contribution in [3.8, 4) is 0 Å². The lowest BCUT2D eigenvalue weighted by atomic mass is 9.86. The quantitative estimate of drug-likeness (QED) is 0.857. The molecule has 1 unspecified atom stereocenters. The Kier molecular flexibility index (Phi) is 4.75. The second kappa shape index (κ2) is 6.14. The maximum atomic E-state index is 13.1. The molecule has 0 aromatic heterocycles. The van der Waals surface area contributed by atoms with E-state index in [0.717, 1.165) is 14.9 Å². The Morgan fingerprint density at radius 1 is 1.39 bits per heavy atom. The third-order valence-electron chi connectivity index (χ3n) is 4.22. The predicted molar refractivity (Wildman–Crippen MR) is 79.9 cm³/mol. The normalized spacial score (nSPS) is 21.5. The Labute approximate surface area is 139 Å². The van der Waals surface area contributed by atoms with E-state index < -0.39 is 36.4 Å². The number of hydrogen-bond donors (Lipinski definition) is 1. The van der Waals surface area contributed by atoms with Crippen molar-refractivity contribution in [2.45, 2.75) is 25.9 Å². The molecule has 1 N–H and O–H groups in total. The Bertz CT molecular complexity index is 647. The summed E-state index contributed by atoms with van der Waals surface area (Å²) in [6.07, 6.45) is -5.55. The Balaban J connectivity index is 2.15. The van der Waals surface area contributed by atoms with Crippen molar-refractivity contribution in [1.29, 1.82) is 0 Å². The van der Waals surface area contributed by atoms with Gasteiger partial charge in [-0.3, -0.25) is 9.59 Å². The summed E-state index contributed by atoms with van der Waals surface area (Å²) in [7, 11) is 0. The van der Waals surface area contributed by atoms with E-state index in [1.54, 1.807) is 19.1 Å². The summed E-state index contributed by atoms with van der Waals surface area (Å²) in [6, 6.07) is 5.28. The number of amides is 1. The fourth-order valence-electron chi connectivity index (χ4n) is 2.68. The monoisotopic (exact) mass is 393 g/mol. The molecule has 1 fully saturated rings. The van der Waals surface area contributed by atoms with Gasteiger partial charge in [-0.05, 0) is 36.6 Å². The minimum absolute atomic E-state index is 0.0489. The number of alkyl halides is 3. The largest absolute Gasteiger partial charge is 0.481 e. The topological polar surface area (TPSA) is 57.6 Å². The van der Waals surface area contributed by atoms with Crippen molar-refractivity contribution in [2.75, 3.05) is 13.1 Å². The van der Waals surface area contributed by atoms with Crippen LogP contribution in [0.4, 0.5) is 13.2 Å². The van der Waals surface area contributed by atoms with Crippen LogP contribution in [0.15, 0.2) is 22.7 Å². The van der Waals surface area contributed by atoms with Crippen LogP contribution < -0.4 is 0 Å². The maximum absolute atomic E-state index is 13.1. The van der Waals surface area contributed by atoms with Crippen molar-refractivity contribution < 1.29 is 27.9 Å². The molecule has 0 saturated carbocycles. The van der Waals surface area contributed by atoms with E-state index in [-0.39, 0.29) is 13.0 Å². The van der Waals surface area contributed by atoms with E-state index >= 15 is 0 Å². The first-order valence-electron chi connectivity index (χ1n) is 6.90. The number of aliphatic carboxylic acids is 1. The van der Waals surface area contributed by atoms with Crippen molar-refractivity contribution in [3.05, 3.63) is 33.8 Å². The molecule has 23 heavy (non-hydrogen) atoms. The molecule has 1 atom stereocenters. The van der Waals surface area contributed by atoms with Crippen LogP contribution in [-0.4, -0.2) is 41.1 Å². The highest BCUT2D eigenvalue weighted by Crippen LogP contribution is 2.45. The summed E-state index contributed by atoms with van der Waals surface area (Å²) in [5, 5.41) is 9.00. The molecule has 0 radical (unpaired) electrons. The van der Waals surface area contributed by atoms with Gasteiger partial charge in [0, 0.05) is 17.6 Å². The number of carbonyl (C=O) groups excluding carboxylic acids is 1. The van der Waals surface area contributed by atoms with Gasteiger partial charge in [0.15, 0.2) is 5.41 Å². The average molecular weight is 394 g/mol. The third kappa shape index (κ3) is 3.36. The summed E-state index contributed by atoms with van der Waals surface area (Å²) in [5.74, 6) is -2.43. The fraction of sp³-hybridized carbons (Fsp3) is 0.467. The zero-order chi connectivity index (χ0) is 17.4. The number of benzene rings is 1. The third-order valence-corrected chi connectivity index (χ3v) is 4.71. The van der Waals surface area contributed by atoms with Crippen LogP contribution >= 0.6 is 15.9 Å². The SMILES string of the molecule is Cc1cc(Br)ccc1CC(=O)N1CCC(C(=O)O)(C(F)(F)F)C1.